The number of aromatic nitrogens is 1. The number of hydrogen-bond acceptors (Lipinski definition) is 8. The topological polar surface area (TPSA) is 132 Å². The SMILES string of the molecule is COc1cncc(S(=O)(=O)N2C[C@H](CCC(=O)O)Oc3ccc(CC(=O)OC(C)(C)C(F)(F)F)cc32)c1. The Hall–Kier alpha value is -3.55. The number of pyridine rings is 1. The van der Waals surface area contributed by atoms with Gasteiger partial charge in [0.25, 0.3) is 10.0 Å². The van der Waals surface area contributed by atoms with Gasteiger partial charge in [0.15, 0.2) is 0 Å². The van der Waals surface area contributed by atoms with Gasteiger partial charge in [-0.15, -0.1) is 0 Å². The molecule has 3 rings (SSSR count). The van der Waals surface area contributed by atoms with Crippen molar-refractivity contribution in [3.63, 3.8) is 0 Å². The third-order valence-electron chi connectivity index (χ3n) is 5.55. The summed E-state index contributed by atoms with van der Waals surface area (Å²) >= 11 is 0. The summed E-state index contributed by atoms with van der Waals surface area (Å²) in [5.41, 5.74) is -2.51. The standard InChI is InChI=1S/C23H25F3N2O8S/c1-22(2,23(24,25)26)36-21(31)9-14-4-6-19-18(8-14)28(13-15(35-19)5-7-20(29)30)37(32,33)17-10-16(34-3)11-27-12-17/h4,6,8,10-12,15H,5,7,9,13H2,1-3H3,(H,29,30)/t15-/m0/s1. The molecule has 37 heavy (non-hydrogen) atoms. The average molecular weight is 547 g/mol. The number of ether oxygens (including phenoxy) is 3. The van der Waals surface area contributed by atoms with Crippen molar-refractivity contribution in [2.45, 2.75) is 55.9 Å². The molecule has 2 heterocycles. The molecule has 0 saturated carbocycles. The van der Waals surface area contributed by atoms with Crippen molar-refractivity contribution in [2.75, 3.05) is 18.0 Å². The zero-order valence-corrected chi connectivity index (χ0v) is 20.9. The van der Waals surface area contributed by atoms with Gasteiger partial charge in [0, 0.05) is 18.7 Å². The number of sulfonamides is 1. The van der Waals surface area contributed by atoms with E-state index in [9.17, 15) is 31.2 Å². The molecule has 1 aromatic heterocycles. The van der Waals surface area contributed by atoms with Crippen molar-refractivity contribution in [1.82, 2.24) is 4.98 Å². The molecule has 1 aliphatic heterocycles. The Morgan fingerprint density at radius 2 is 1.92 bits per heavy atom. The number of carbonyl (C=O) groups excluding carboxylic acids is 1. The highest BCUT2D eigenvalue weighted by Gasteiger charge is 2.50. The highest BCUT2D eigenvalue weighted by atomic mass is 32.2. The molecule has 2 aromatic rings. The Balaban J connectivity index is 1.97. The normalized spacial score (nSPS) is 15.9. The van der Waals surface area contributed by atoms with Crippen LogP contribution in [0.25, 0.3) is 0 Å². The maximum absolute atomic E-state index is 13.6. The Morgan fingerprint density at radius 3 is 2.54 bits per heavy atom. The first-order valence-electron chi connectivity index (χ1n) is 11.0. The quantitative estimate of drug-likeness (QED) is 0.470. The first-order valence-corrected chi connectivity index (χ1v) is 12.4. The smallest absolute Gasteiger partial charge is 0.427 e. The van der Waals surface area contributed by atoms with Crippen molar-refractivity contribution in [1.29, 1.82) is 0 Å². The van der Waals surface area contributed by atoms with Crippen LogP contribution in [0.1, 0.15) is 32.3 Å². The third-order valence-corrected chi connectivity index (χ3v) is 7.29. The van der Waals surface area contributed by atoms with Crippen molar-refractivity contribution >= 4 is 27.6 Å². The van der Waals surface area contributed by atoms with E-state index in [1.165, 1.54) is 37.6 Å². The minimum atomic E-state index is -4.78. The number of hydrogen-bond donors (Lipinski definition) is 1. The number of benzene rings is 1. The summed E-state index contributed by atoms with van der Waals surface area (Å²) in [6, 6.07) is 5.31. The summed E-state index contributed by atoms with van der Waals surface area (Å²) in [4.78, 5) is 26.9. The molecule has 0 radical (unpaired) electrons. The van der Waals surface area contributed by atoms with E-state index >= 15 is 0 Å². The van der Waals surface area contributed by atoms with Crippen LogP contribution in [-0.2, 0) is 30.8 Å². The number of rotatable bonds is 9. The van der Waals surface area contributed by atoms with E-state index in [4.69, 9.17) is 14.6 Å². The van der Waals surface area contributed by atoms with Crippen LogP contribution < -0.4 is 13.8 Å². The number of carboxylic acids is 1. The second-order valence-corrected chi connectivity index (χ2v) is 10.6. The Labute approximate surface area is 211 Å². The predicted octanol–water partition coefficient (Wildman–Crippen LogP) is 3.34. The van der Waals surface area contributed by atoms with Gasteiger partial charge in [0.1, 0.15) is 22.5 Å². The fraction of sp³-hybridized carbons (Fsp3) is 0.435. The van der Waals surface area contributed by atoms with Gasteiger partial charge < -0.3 is 19.3 Å². The molecule has 0 saturated heterocycles. The molecule has 0 fully saturated rings. The summed E-state index contributed by atoms with van der Waals surface area (Å²) in [5, 5.41) is 9.03. The summed E-state index contributed by atoms with van der Waals surface area (Å²) in [7, 11) is -2.94. The van der Waals surface area contributed by atoms with Crippen LogP contribution in [0.5, 0.6) is 11.5 Å². The lowest BCUT2D eigenvalue weighted by molar-refractivity contribution is -0.257. The number of nitrogens with zero attached hydrogens (tertiary/aromatic N) is 2. The molecular formula is C23H25F3N2O8S. The van der Waals surface area contributed by atoms with Crippen molar-refractivity contribution in [2.24, 2.45) is 0 Å². The van der Waals surface area contributed by atoms with Crippen LogP contribution in [0, 0.1) is 0 Å². The molecular weight excluding hydrogens is 521 g/mol. The largest absolute Gasteiger partial charge is 0.495 e. The number of esters is 1. The summed E-state index contributed by atoms with van der Waals surface area (Å²) in [6.07, 6.45) is -3.99. The maximum Gasteiger partial charge on any atom is 0.427 e. The zero-order chi connectivity index (χ0) is 27.6. The molecule has 1 N–H and O–H groups in total. The van der Waals surface area contributed by atoms with E-state index in [1.54, 1.807) is 0 Å². The van der Waals surface area contributed by atoms with Gasteiger partial charge >= 0.3 is 18.1 Å². The number of carboxylic acid groups (broad SMARTS) is 1. The number of anilines is 1. The van der Waals surface area contributed by atoms with Crippen LogP contribution in [0.2, 0.25) is 0 Å². The highest BCUT2D eigenvalue weighted by Crippen LogP contribution is 2.39. The van der Waals surface area contributed by atoms with E-state index in [-0.39, 0.29) is 47.0 Å². The molecule has 0 unspecified atom stereocenters. The van der Waals surface area contributed by atoms with Crippen molar-refractivity contribution in [3.8, 4) is 11.5 Å². The van der Waals surface area contributed by atoms with Crippen LogP contribution >= 0.6 is 0 Å². The fourth-order valence-corrected chi connectivity index (χ4v) is 4.93. The van der Waals surface area contributed by atoms with Gasteiger partial charge in [-0.1, -0.05) is 6.07 Å². The first kappa shape index (κ1) is 28.0. The number of aliphatic carboxylic acids is 1. The third kappa shape index (κ3) is 6.42. The Bertz CT molecular complexity index is 1280. The Kier molecular flexibility index (Phi) is 7.91. The van der Waals surface area contributed by atoms with Gasteiger partial charge in [-0.3, -0.25) is 18.9 Å². The predicted molar refractivity (Wildman–Crippen MR) is 123 cm³/mol. The number of carbonyl (C=O) groups is 2. The second-order valence-electron chi connectivity index (χ2n) is 8.73. The summed E-state index contributed by atoms with van der Waals surface area (Å²) < 4.78 is 82.9. The first-order chi connectivity index (χ1) is 17.1. The van der Waals surface area contributed by atoms with Gasteiger partial charge in [-0.25, -0.2) is 8.42 Å². The molecule has 1 aromatic carbocycles. The second kappa shape index (κ2) is 10.4. The Morgan fingerprint density at radius 1 is 1.22 bits per heavy atom. The molecule has 0 aliphatic carbocycles. The van der Waals surface area contributed by atoms with E-state index < -0.39 is 46.3 Å². The highest BCUT2D eigenvalue weighted by molar-refractivity contribution is 7.92. The molecule has 0 amide bonds. The molecule has 1 atom stereocenters. The lowest BCUT2D eigenvalue weighted by Crippen LogP contribution is -2.44. The zero-order valence-electron chi connectivity index (χ0n) is 20.1. The minimum absolute atomic E-state index is 0.0117. The van der Waals surface area contributed by atoms with Crippen molar-refractivity contribution < 1.29 is 50.5 Å². The maximum atomic E-state index is 13.6. The van der Waals surface area contributed by atoms with Gasteiger partial charge in [-0.2, -0.15) is 13.2 Å². The molecule has 0 bridgehead atoms. The van der Waals surface area contributed by atoms with Gasteiger partial charge in [-0.05, 0) is 38.0 Å². The lowest BCUT2D eigenvalue weighted by atomic mass is 10.1. The number of alkyl halides is 3. The fourth-order valence-electron chi connectivity index (χ4n) is 3.45. The van der Waals surface area contributed by atoms with E-state index in [0.29, 0.717) is 0 Å². The van der Waals surface area contributed by atoms with Crippen LogP contribution in [0.15, 0.2) is 41.6 Å². The lowest BCUT2D eigenvalue weighted by Gasteiger charge is -2.35. The van der Waals surface area contributed by atoms with Gasteiger partial charge in [0.2, 0.25) is 5.60 Å². The van der Waals surface area contributed by atoms with E-state index in [0.717, 1.165) is 24.3 Å². The molecule has 14 heteroatoms. The van der Waals surface area contributed by atoms with Crippen LogP contribution in [0.3, 0.4) is 0 Å². The van der Waals surface area contributed by atoms with E-state index in [1.807, 2.05) is 0 Å². The number of methoxy groups -OCH3 is 1. The monoisotopic (exact) mass is 546 g/mol. The molecule has 1 aliphatic rings. The van der Waals surface area contributed by atoms with Crippen molar-refractivity contribution in [3.05, 3.63) is 42.2 Å². The van der Waals surface area contributed by atoms with Crippen LogP contribution in [-0.4, -0.2) is 62.0 Å². The minimum Gasteiger partial charge on any atom is -0.495 e. The molecule has 10 nitrogen and oxygen atoms in total. The molecule has 0 spiro atoms. The van der Waals surface area contributed by atoms with Gasteiger partial charge in [0.05, 0.1) is 32.0 Å². The van der Waals surface area contributed by atoms with Crippen LogP contribution in [0.4, 0.5) is 18.9 Å². The summed E-state index contributed by atoms with van der Waals surface area (Å²) in [6.45, 7) is 1.19. The number of halogens is 3. The summed E-state index contributed by atoms with van der Waals surface area (Å²) in [5.74, 6) is -1.98. The average Bonchev–Trinajstić information content (AvgIpc) is 2.81. The van der Waals surface area contributed by atoms with E-state index in [2.05, 4.69) is 9.72 Å². The number of fused-ring (bicyclic) bond motifs is 1. The molecule has 202 valence electrons.